The average molecular weight is 425 g/mol. The van der Waals surface area contributed by atoms with Gasteiger partial charge >= 0.3 is 5.97 Å². The Labute approximate surface area is 190 Å². The smallest absolute Gasteiger partial charge is 0.314 e. The molecule has 0 aromatic heterocycles. The highest BCUT2D eigenvalue weighted by Crippen LogP contribution is 2.42. The lowest BCUT2D eigenvalue weighted by atomic mass is 9.69. The fraction of sp³-hybridized carbons (Fsp3) is 0.759. The van der Waals surface area contributed by atoms with Gasteiger partial charge in [-0.05, 0) is 111 Å². The molecule has 0 saturated heterocycles. The van der Waals surface area contributed by atoms with Crippen LogP contribution in [0.1, 0.15) is 115 Å². The van der Waals surface area contributed by atoms with E-state index in [0.717, 1.165) is 42.3 Å². The minimum Gasteiger partial charge on any atom is -0.426 e. The molecule has 4 rings (SSSR count). The highest BCUT2D eigenvalue weighted by atomic mass is 16.5. The Kier molecular flexibility index (Phi) is 8.13. The number of hydrogen-bond acceptors (Lipinski definition) is 2. The Morgan fingerprint density at radius 3 is 1.97 bits per heavy atom. The molecule has 1 aromatic rings. The second-order valence-electron chi connectivity index (χ2n) is 11.1. The Balaban J connectivity index is 1.21. The first-order chi connectivity index (χ1) is 15.1. The number of rotatable bonds is 6. The van der Waals surface area contributed by atoms with Gasteiger partial charge < -0.3 is 4.74 Å². The maximum atomic E-state index is 12.8. The lowest BCUT2D eigenvalue weighted by Crippen LogP contribution is -2.29. The molecule has 172 valence electrons. The molecule has 0 aliphatic heterocycles. The van der Waals surface area contributed by atoms with E-state index in [1.807, 2.05) is 12.1 Å². The first-order valence-corrected chi connectivity index (χ1v) is 13.4. The Hall–Kier alpha value is -1.31. The number of ether oxygens (including phenoxy) is 1. The van der Waals surface area contributed by atoms with Crippen LogP contribution in [0.15, 0.2) is 24.3 Å². The first-order valence-electron chi connectivity index (χ1n) is 13.4. The van der Waals surface area contributed by atoms with Crippen LogP contribution in [0.25, 0.3) is 0 Å². The molecule has 0 amide bonds. The maximum Gasteiger partial charge on any atom is 0.314 e. The normalized spacial score (nSPS) is 34.3. The van der Waals surface area contributed by atoms with E-state index >= 15 is 0 Å². The van der Waals surface area contributed by atoms with E-state index in [9.17, 15) is 4.79 Å². The van der Waals surface area contributed by atoms with Crippen LogP contribution in [0.4, 0.5) is 0 Å². The zero-order chi connectivity index (χ0) is 21.6. The molecule has 3 fully saturated rings. The van der Waals surface area contributed by atoms with Crippen molar-refractivity contribution in [1.82, 2.24) is 0 Å². The SMILES string of the molecule is CCCC1CCC(c2ccc(OC(=O)C3CCC(C4CCC(C)CC4)CC3)cc2)CC1. The third kappa shape index (κ3) is 6.14. The number of hydrogen-bond donors (Lipinski definition) is 0. The van der Waals surface area contributed by atoms with Gasteiger partial charge in [-0.15, -0.1) is 0 Å². The second kappa shape index (κ2) is 11.0. The van der Waals surface area contributed by atoms with Gasteiger partial charge in [-0.3, -0.25) is 4.79 Å². The zero-order valence-electron chi connectivity index (χ0n) is 20.0. The molecule has 1 aromatic carbocycles. The van der Waals surface area contributed by atoms with Crippen LogP contribution in [0.5, 0.6) is 5.75 Å². The van der Waals surface area contributed by atoms with Gasteiger partial charge in [0.05, 0.1) is 5.92 Å². The van der Waals surface area contributed by atoms with E-state index in [1.165, 1.54) is 82.6 Å². The summed E-state index contributed by atoms with van der Waals surface area (Å²) >= 11 is 0. The maximum absolute atomic E-state index is 12.8. The summed E-state index contributed by atoms with van der Waals surface area (Å²) in [7, 11) is 0. The van der Waals surface area contributed by atoms with E-state index in [2.05, 4.69) is 26.0 Å². The van der Waals surface area contributed by atoms with E-state index < -0.39 is 0 Å². The summed E-state index contributed by atoms with van der Waals surface area (Å²) < 4.78 is 5.80. The number of carbonyl (C=O) groups excluding carboxylic acids is 1. The predicted molar refractivity (Wildman–Crippen MR) is 128 cm³/mol. The minimum atomic E-state index is 0.00328. The van der Waals surface area contributed by atoms with Crippen molar-refractivity contribution in [2.24, 2.45) is 29.6 Å². The molecule has 0 unspecified atom stereocenters. The summed E-state index contributed by atoms with van der Waals surface area (Å²) in [4.78, 5) is 12.8. The topological polar surface area (TPSA) is 26.3 Å². The molecule has 3 saturated carbocycles. The molecule has 2 nitrogen and oxygen atoms in total. The van der Waals surface area contributed by atoms with Gasteiger partial charge in [0.2, 0.25) is 0 Å². The average Bonchev–Trinajstić information content (AvgIpc) is 2.81. The molecule has 3 aliphatic rings. The van der Waals surface area contributed by atoms with E-state index in [0.29, 0.717) is 5.92 Å². The van der Waals surface area contributed by atoms with E-state index in [-0.39, 0.29) is 11.9 Å². The highest BCUT2D eigenvalue weighted by molar-refractivity contribution is 5.75. The molecular weight excluding hydrogens is 380 g/mol. The molecule has 0 radical (unpaired) electrons. The summed E-state index contributed by atoms with van der Waals surface area (Å²) in [5.74, 6) is 5.16. The van der Waals surface area contributed by atoms with Crippen molar-refractivity contribution in [3.63, 3.8) is 0 Å². The first kappa shape index (κ1) is 22.9. The Morgan fingerprint density at radius 1 is 0.806 bits per heavy atom. The number of benzene rings is 1. The highest BCUT2D eigenvalue weighted by Gasteiger charge is 2.33. The van der Waals surface area contributed by atoms with Gasteiger partial charge in [0.25, 0.3) is 0 Å². The molecule has 0 bridgehead atoms. The molecule has 31 heavy (non-hydrogen) atoms. The van der Waals surface area contributed by atoms with Gasteiger partial charge in [-0.1, -0.05) is 51.7 Å². The molecule has 2 heteroatoms. The molecule has 0 spiro atoms. The minimum absolute atomic E-state index is 0.00328. The molecule has 0 N–H and O–H groups in total. The summed E-state index contributed by atoms with van der Waals surface area (Å²) in [5.41, 5.74) is 1.43. The van der Waals surface area contributed by atoms with Crippen LogP contribution >= 0.6 is 0 Å². The van der Waals surface area contributed by atoms with Crippen molar-refractivity contribution >= 4 is 5.97 Å². The monoisotopic (exact) mass is 424 g/mol. The zero-order valence-corrected chi connectivity index (χ0v) is 20.0. The van der Waals surface area contributed by atoms with Crippen molar-refractivity contribution < 1.29 is 9.53 Å². The quantitative estimate of drug-likeness (QED) is 0.339. The lowest BCUT2D eigenvalue weighted by molar-refractivity contribution is -0.140. The van der Waals surface area contributed by atoms with E-state index in [4.69, 9.17) is 4.74 Å². The van der Waals surface area contributed by atoms with E-state index in [1.54, 1.807) is 0 Å². The fourth-order valence-electron chi connectivity index (χ4n) is 6.78. The molecule has 0 heterocycles. The summed E-state index contributed by atoms with van der Waals surface area (Å²) in [6, 6.07) is 8.46. The Morgan fingerprint density at radius 2 is 1.39 bits per heavy atom. The largest absolute Gasteiger partial charge is 0.426 e. The van der Waals surface area contributed by atoms with Crippen molar-refractivity contribution in [3.05, 3.63) is 29.8 Å². The fourth-order valence-corrected chi connectivity index (χ4v) is 6.78. The van der Waals surface area contributed by atoms with Crippen molar-refractivity contribution in [2.75, 3.05) is 0 Å². The van der Waals surface area contributed by atoms with Gasteiger partial charge in [0, 0.05) is 0 Å². The molecule has 0 atom stereocenters. The van der Waals surface area contributed by atoms with Gasteiger partial charge in [-0.25, -0.2) is 0 Å². The van der Waals surface area contributed by atoms with Gasteiger partial charge in [-0.2, -0.15) is 0 Å². The third-order valence-corrected chi connectivity index (χ3v) is 8.95. The van der Waals surface area contributed by atoms with Gasteiger partial charge in [0.15, 0.2) is 0 Å². The van der Waals surface area contributed by atoms with Crippen LogP contribution in [0.2, 0.25) is 0 Å². The molecule has 3 aliphatic carbocycles. The molecular formula is C29H44O2. The summed E-state index contributed by atoms with van der Waals surface area (Å²) in [6.07, 6.45) is 18.2. The third-order valence-electron chi connectivity index (χ3n) is 8.95. The number of esters is 1. The predicted octanol–water partition coefficient (Wildman–Crippen LogP) is 8.30. The lowest BCUT2D eigenvalue weighted by Gasteiger charge is -2.36. The van der Waals surface area contributed by atoms with Crippen LogP contribution < -0.4 is 4.74 Å². The van der Waals surface area contributed by atoms with Gasteiger partial charge in [0.1, 0.15) is 5.75 Å². The van der Waals surface area contributed by atoms with Crippen molar-refractivity contribution in [3.8, 4) is 5.75 Å². The standard InChI is InChI=1S/C29H44O2/c1-3-4-22-7-11-24(12-8-22)26-17-19-28(20-18-26)31-29(30)27-15-13-25(14-16-27)23-9-5-21(2)6-10-23/h17-25,27H,3-16H2,1-2H3. The Bertz CT molecular complexity index is 669. The van der Waals surface area contributed by atoms with Crippen LogP contribution in [0, 0.1) is 29.6 Å². The van der Waals surface area contributed by atoms with Crippen LogP contribution in [-0.4, -0.2) is 5.97 Å². The summed E-state index contributed by atoms with van der Waals surface area (Å²) in [6.45, 7) is 4.70. The summed E-state index contributed by atoms with van der Waals surface area (Å²) in [5, 5.41) is 0. The number of carbonyl (C=O) groups is 1. The van der Waals surface area contributed by atoms with Crippen molar-refractivity contribution in [2.45, 2.75) is 110 Å². The van der Waals surface area contributed by atoms with Crippen LogP contribution in [0.3, 0.4) is 0 Å². The van der Waals surface area contributed by atoms with Crippen molar-refractivity contribution in [1.29, 1.82) is 0 Å². The second-order valence-corrected chi connectivity index (χ2v) is 11.1. The van der Waals surface area contributed by atoms with Crippen LogP contribution in [-0.2, 0) is 4.79 Å².